The molecule has 0 saturated carbocycles. The van der Waals surface area contributed by atoms with Crippen molar-refractivity contribution in [1.82, 2.24) is 10.2 Å². The van der Waals surface area contributed by atoms with Gasteiger partial charge in [0.15, 0.2) is 0 Å². The average molecular weight is 310 g/mol. The Hall–Kier alpha value is -1.47. The van der Waals surface area contributed by atoms with Crippen molar-refractivity contribution in [3.63, 3.8) is 0 Å². The Labute approximate surface area is 121 Å². The summed E-state index contributed by atoms with van der Waals surface area (Å²) in [5.74, 6) is -2.68. The average Bonchev–Trinajstić information content (AvgIpc) is 2.36. The van der Waals surface area contributed by atoms with Gasteiger partial charge in [-0.25, -0.2) is 4.79 Å². The van der Waals surface area contributed by atoms with Crippen LogP contribution in [0.15, 0.2) is 0 Å². The van der Waals surface area contributed by atoms with E-state index in [1.165, 1.54) is 0 Å². The van der Waals surface area contributed by atoms with Gasteiger partial charge in [-0.1, -0.05) is 13.8 Å². The number of nitrogens with one attached hydrogen (secondary N) is 1. The third-order valence-electron chi connectivity index (χ3n) is 3.68. The second-order valence-electron chi connectivity index (χ2n) is 5.72. The molecule has 1 rings (SSSR count). The molecule has 5 nitrogen and oxygen atoms in total. The van der Waals surface area contributed by atoms with Gasteiger partial charge in [0.2, 0.25) is 0 Å². The van der Waals surface area contributed by atoms with Gasteiger partial charge in [-0.15, -0.1) is 0 Å². The summed E-state index contributed by atoms with van der Waals surface area (Å²) in [5.41, 5.74) is 0. The molecule has 0 spiro atoms. The Morgan fingerprint density at radius 2 is 2.00 bits per heavy atom. The quantitative estimate of drug-likeness (QED) is 0.838. The van der Waals surface area contributed by atoms with E-state index in [0.717, 1.165) is 4.90 Å². The zero-order valence-electron chi connectivity index (χ0n) is 12.1. The number of alkyl halides is 3. The molecule has 0 aromatic carbocycles. The van der Waals surface area contributed by atoms with Gasteiger partial charge in [0.05, 0.1) is 12.3 Å². The third kappa shape index (κ3) is 5.43. The van der Waals surface area contributed by atoms with E-state index in [-0.39, 0.29) is 31.8 Å². The third-order valence-corrected chi connectivity index (χ3v) is 3.68. The van der Waals surface area contributed by atoms with Crippen LogP contribution in [0, 0.1) is 11.8 Å². The second-order valence-corrected chi connectivity index (χ2v) is 5.72. The number of hydrogen-bond acceptors (Lipinski definition) is 2. The second kappa shape index (κ2) is 7.00. The number of amides is 2. The van der Waals surface area contributed by atoms with E-state index in [2.05, 4.69) is 5.32 Å². The predicted molar refractivity (Wildman–Crippen MR) is 69.8 cm³/mol. The highest BCUT2D eigenvalue weighted by Gasteiger charge is 2.42. The molecule has 21 heavy (non-hydrogen) atoms. The van der Waals surface area contributed by atoms with Crippen molar-refractivity contribution < 1.29 is 27.9 Å². The molecule has 1 heterocycles. The van der Waals surface area contributed by atoms with Crippen molar-refractivity contribution in [2.75, 3.05) is 13.1 Å². The largest absolute Gasteiger partial charge is 0.481 e. The number of aliphatic carboxylic acids is 1. The Morgan fingerprint density at radius 1 is 1.38 bits per heavy atom. The van der Waals surface area contributed by atoms with Gasteiger partial charge < -0.3 is 15.3 Å². The molecule has 2 atom stereocenters. The van der Waals surface area contributed by atoms with Gasteiger partial charge in [0.25, 0.3) is 0 Å². The lowest BCUT2D eigenvalue weighted by molar-refractivity contribution is -0.184. The summed E-state index contributed by atoms with van der Waals surface area (Å²) < 4.78 is 38.1. The summed E-state index contributed by atoms with van der Waals surface area (Å²) in [6.45, 7) is 3.40. The lowest BCUT2D eigenvalue weighted by Gasteiger charge is -2.35. The molecule has 0 radical (unpaired) electrons. The van der Waals surface area contributed by atoms with E-state index in [4.69, 9.17) is 5.11 Å². The highest BCUT2D eigenvalue weighted by molar-refractivity contribution is 5.76. The molecule has 1 fully saturated rings. The van der Waals surface area contributed by atoms with Crippen LogP contribution < -0.4 is 5.32 Å². The Balaban J connectivity index is 2.63. The Kier molecular flexibility index (Phi) is 5.86. The van der Waals surface area contributed by atoms with Gasteiger partial charge in [-0.2, -0.15) is 13.2 Å². The molecule has 2 amide bonds. The van der Waals surface area contributed by atoms with Gasteiger partial charge in [-0.3, -0.25) is 4.79 Å². The number of hydrogen-bond donors (Lipinski definition) is 2. The van der Waals surface area contributed by atoms with Crippen LogP contribution in [0.1, 0.15) is 33.1 Å². The normalized spacial score (nSPS) is 21.2. The molecule has 122 valence electrons. The maximum Gasteiger partial charge on any atom is 0.393 e. The molecule has 1 aliphatic heterocycles. The van der Waals surface area contributed by atoms with Crippen molar-refractivity contribution in [2.45, 2.75) is 45.3 Å². The van der Waals surface area contributed by atoms with Crippen LogP contribution in [0.2, 0.25) is 0 Å². The number of urea groups is 1. The summed E-state index contributed by atoms with van der Waals surface area (Å²) >= 11 is 0. The number of rotatable bonds is 4. The van der Waals surface area contributed by atoms with E-state index in [1.54, 1.807) is 13.8 Å². The van der Waals surface area contributed by atoms with Crippen LogP contribution in [0.3, 0.4) is 0 Å². The zero-order chi connectivity index (χ0) is 16.2. The van der Waals surface area contributed by atoms with Crippen LogP contribution in [0.5, 0.6) is 0 Å². The highest BCUT2D eigenvalue weighted by atomic mass is 19.4. The lowest BCUT2D eigenvalue weighted by atomic mass is 9.97. The number of carbonyl (C=O) groups excluding carboxylic acids is 1. The first kappa shape index (κ1) is 17.6. The summed E-state index contributed by atoms with van der Waals surface area (Å²) in [4.78, 5) is 23.9. The van der Waals surface area contributed by atoms with Crippen LogP contribution in [0.4, 0.5) is 18.0 Å². The van der Waals surface area contributed by atoms with Gasteiger partial charge >= 0.3 is 18.2 Å². The number of carboxylic acid groups (broad SMARTS) is 1. The molecule has 0 aliphatic carbocycles. The molecule has 2 N–H and O–H groups in total. The summed E-state index contributed by atoms with van der Waals surface area (Å²) in [7, 11) is 0. The van der Waals surface area contributed by atoms with Crippen LogP contribution in [-0.4, -0.2) is 47.3 Å². The SMILES string of the molecule is CC(C)C(CC(=O)O)NC(=O)N1CCCC(C(F)(F)F)C1. The first-order chi connectivity index (χ1) is 9.61. The Morgan fingerprint density at radius 3 is 2.48 bits per heavy atom. The lowest BCUT2D eigenvalue weighted by Crippen LogP contribution is -2.52. The van der Waals surface area contributed by atoms with Crippen molar-refractivity contribution >= 4 is 12.0 Å². The summed E-state index contributed by atoms with van der Waals surface area (Å²) in [6.07, 6.45) is -4.24. The molecule has 1 aliphatic rings. The fourth-order valence-electron chi connectivity index (χ4n) is 2.32. The minimum Gasteiger partial charge on any atom is -0.481 e. The van der Waals surface area contributed by atoms with Crippen molar-refractivity contribution in [1.29, 1.82) is 0 Å². The topological polar surface area (TPSA) is 69.6 Å². The first-order valence-electron chi connectivity index (χ1n) is 6.95. The smallest absolute Gasteiger partial charge is 0.393 e. The molecule has 2 unspecified atom stereocenters. The van der Waals surface area contributed by atoms with E-state index in [9.17, 15) is 22.8 Å². The zero-order valence-corrected chi connectivity index (χ0v) is 12.1. The van der Waals surface area contributed by atoms with E-state index in [0.29, 0.717) is 6.42 Å². The summed E-state index contributed by atoms with van der Waals surface area (Å²) in [5, 5.41) is 11.3. The van der Waals surface area contributed by atoms with Crippen LogP contribution in [0.25, 0.3) is 0 Å². The highest BCUT2D eigenvalue weighted by Crippen LogP contribution is 2.33. The monoisotopic (exact) mass is 310 g/mol. The maximum atomic E-state index is 12.7. The van der Waals surface area contributed by atoms with Crippen molar-refractivity contribution in [3.8, 4) is 0 Å². The minimum atomic E-state index is -4.31. The Bertz CT molecular complexity index is 385. The molecule has 8 heteroatoms. The van der Waals surface area contributed by atoms with E-state index in [1.807, 2.05) is 0 Å². The van der Waals surface area contributed by atoms with Gasteiger partial charge in [0.1, 0.15) is 0 Å². The van der Waals surface area contributed by atoms with E-state index < -0.39 is 30.1 Å². The van der Waals surface area contributed by atoms with Gasteiger partial charge in [-0.05, 0) is 18.8 Å². The molecule has 0 bridgehead atoms. The van der Waals surface area contributed by atoms with Crippen molar-refractivity contribution in [2.24, 2.45) is 11.8 Å². The molecular formula is C13H21F3N2O3. The molecule has 0 aromatic rings. The minimum absolute atomic E-state index is 0.0238. The number of halogens is 3. The fraction of sp³-hybridized carbons (Fsp3) is 0.846. The summed E-state index contributed by atoms with van der Waals surface area (Å²) in [6, 6.07) is -1.22. The van der Waals surface area contributed by atoms with Crippen LogP contribution in [-0.2, 0) is 4.79 Å². The maximum absolute atomic E-state index is 12.7. The molecular weight excluding hydrogens is 289 g/mol. The molecule has 1 saturated heterocycles. The number of carboxylic acids is 1. The van der Waals surface area contributed by atoms with Gasteiger partial charge in [0, 0.05) is 19.1 Å². The number of carbonyl (C=O) groups is 2. The standard InChI is InChI=1S/C13H21F3N2O3/c1-8(2)10(6-11(19)20)17-12(21)18-5-3-4-9(7-18)13(14,15)16/h8-10H,3-7H2,1-2H3,(H,17,21)(H,19,20). The van der Waals surface area contributed by atoms with Crippen molar-refractivity contribution in [3.05, 3.63) is 0 Å². The number of likely N-dealkylation sites (tertiary alicyclic amines) is 1. The number of piperidine rings is 1. The fourth-order valence-corrected chi connectivity index (χ4v) is 2.32. The predicted octanol–water partition coefficient (Wildman–Crippen LogP) is 2.47. The molecule has 0 aromatic heterocycles. The number of nitrogens with zero attached hydrogens (tertiary/aromatic N) is 1. The van der Waals surface area contributed by atoms with Crippen LogP contribution >= 0.6 is 0 Å². The first-order valence-corrected chi connectivity index (χ1v) is 6.95. The van der Waals surface area contributed by atoms with E-state index >= 15 is 0 Å².